The molecule has 5 rings (SSSR count). The Kier molecular flexibility index (Phi) is 6.79. The van der Waals surface area contributed by atoms with E-state index in [2.05, 4.69) is 4.99 Å². The Morgan fingerprint density at radius 2 is 1.74 bits per heavy atom. The molecule has 0 N–H and O–H groups in total. The number of hydrogen-bond acceptors (Lipinski definition) is 6. The largest absolute Gasteiger partial charge is 0.497 e. The summed E-state index contributed by atoms with van der Waals surface area (Å²) in [6.45, 7) is 2.41. The maximum atomic E-state index is 13.5. The van der Waals surface area contributed by atoms with E-state index >= 15 is 0 Å². The zero-order valence-electron chi connectivity index (χ0n) is 20.4. The van der Waals surface area contributed by atoms with E-state index in [0.29, 0.717) is 27.9 Å². The van der Waals surface area contributed by atoms with Crippen molar-refractivity contribution >= 4 is 33.1 Å². The summed E-state index contributed by atoms with van der Waals surface area (Å²) < 4.78 is 79.7. The average molecular weight is 566 g/mol. The van der Waals surface area contributed by atoms with Crippen LogP contribution in [0.1, 0.15) is 18.1 Å². The Labute approximate surface area is 223 Å². The van der Waals surface area contributed by atoms with Crippen LogP contribution < -0.4 is 9.47 Å². The molecule has 0 spiro atoms. The smallest absolute Gasteiger partial charge is 0.416 e. The number of sulfonamides is 1. The fraction of sp³-hybridized carbons (Fsp3) is 0.269. The third kappa shape index (κ3) is 4.93. The number of amidine groups is 1. The predicted molar refractivity (Wildman–Crippen MR) is 137 cm³/mol. The molecule has 0 aromatic heterocycles. The van der Waals surface area contributed by atoms with Gasteiger partial charge in [-0.2, -0.15) is 17.5 Å². The van der Waals surface area contributed by atoms with Crippen LogP contribution >= 0.6 is 11.6 Å². The van der Waals surface area contributed by atoms with Crippen LogP contribution in [0.5, 0.6) is 17.2 Å². The molecule has 3 aromatic rings. The number of benzene rings is 3. The molecule has 7 nitrogen and oxygen atoms in total. The molecule has 2 aliphatic rings. The molecule has 0 aliphatic carbocycles. The number of nitrogens with zero attached hydrogens (tertiary/aromatic N) is 3. The van der Waals surface area contributed by atoms with Crippen molar-refractivity contribution in [3.05, 3.63) is 76.8 Å². The third-order valence-electron chi connectivity index (χ3n) is 6.45. The van der Waals surface area contributed by atoms with Gasteiger partial charge in [0.05, 0.1) is 23.1 Å². The van der Waals surface area contributed by atoms with Crippen molar-refractivity contribution in [3.8, 4) is 17.2 Å². The summed E-state index contributed by atoms with van der Waals surface area (Å²) in [5.41, 5.74) is -0.303. The summed E-state index contributed by atoms with van der Waals surface area (Å²) in [5.74, 6) is 1.45. The summed E-state index contributed by atoms with van der Waals surface area (Å²) in [4.78, 5) is 6.61. The highest BCUT2D eigenvalue weighted by Crippen LogP contribution is 2.42. The lowest BCUT2D eigenvalue weighted by molar-refractivity contribution is -0.137. The standard InChI is InChI=1S/C26H23ClF3N3O4S/c1-16-15-32(11-12-33(16)38(34,35)20-7-4-18(27)5-8-20)25-21-14-19(36-2)6-10-23(21)37-24-9-3-17(26(28,29)30)13-22(24)31-25/h3-10,13-14,16H,11-12,15H2,1-2H3. The normalized spacial score (nSPS) is 18.1. The van der Waals surface area contributed by atoms with Gasteiger partial charge in [0.1, 0.15) is 23.0 Å². The Hall–Kier alpha value is -3.28. The van der Waals surface area contributed by atoms with Crippen molar-refractivity contribution in [2.45, 2.75) is 24.0 Å². The fourth-order valence-electron chi connectivity index (χ4n) is 4.53. The summed E-state index contributed by atoms with van der Waals surface area (Å²) >= 11 is 5.92. The van der Waals surface area contributed by atoms with Crippen LogP contribution in [0.2, 0.25) is 5.02 Å². The highest BCUT2D eigenvalue weighted by Gasteiger charge is 2.37. The van der Waals surface area contributed by atoms with Crippen molar-refractivity contribution < 1.29 is 31.1 Å². The Bertz CT molecular complexity index is 1510. The number of fused-ring (bicyclic) bond motifs is 2. The number of piperazine rings is 1. The number of methoxy groups -OCH3 is 1. The first-order chi connectivity index (χ1) is 18.0. The molecule has 2 heterocycles. The minimum Gasteiger partial charge on any atom is -0.497 e. The summed E-state index contributed by atoms with van der Waals surface area (Å²) in [6, 6.07) is 13.7. The highest BCUT2D eigenvalue weighted by atomic mass is 35.5. The molecule has 0 radical (unpaired) electrons. The molecule has 0 saturated carbocycles. The summed E-state index contributed by atoms with van der Waals surface area (Å²) in [7, 11) is -2.29. The van der Waals surface area contributed by atoms with Gasteiger partial charge in [-0.15, -0.1) is 0 Å². The second-order valence-electron chi connectivity index (χ2n) is 8.94. The molecule has 1 unspecified atom stereocenters. The van der Waals surface area contributed by atoms with Crippen LogP contribution in [-0.4, -0.2) is 56.2 Å². The molecule has 1 fully saturated rings. The lowest BCUT2D eigenvalue weighted by atomic mass is 10.1. The molecule has 200 valence electrons. The molecule has 1 atom stereocenters. The van der Waals surface area contributed by atoms with Gasteiger partial charge in [-0.05, 0) is 67.6 Å². The van der Waals surface area contributed by atoms with Crippen LogP contribution in [0.3, 0.4) is 0 Å². The van der Waals surface area contributed by atoms with E-state index in [0.717, 1.165) is 12.1 Å². The maximum absolute atomic E-state index is 13.5. The van der Waals surface area contributed by atoms with Crippen LogP contribution in [-0.2, 0) is 16.2 Å². The fourth-order valence-corrected chi connectivity index (χ4v) is 6.27. The number of hydrogen-bond donors (Lipinski definition) is 0. The highest BCUT2D eigenvalue weighted by molar-refractivity contribution is 7.89. The van der Waals surface area contributed by atoms with Gasteiger partial charge in [-0.25, -0.2) is 13.4 Å². The molecular weight excluding hydrogens is 543 g/mol. The van der Waals surface area contributed by atoms with E-state index in [-0.39, 0.29) is 36.0 Å². The van der Waals surface area contributed by atoms with Gasteiger partial charge < -0.3 is 14.4 Å². The van der Waals surface area contributed by atoms with Crippen LogP contribution in [0.15, 0.2) is 70.6 Å². The Balaban J connectivity index is 1.53. The molecule has 38 heavy (non-hydrogen) atoms. The van der Waals surface area contributed by atoms with Crippen LogP contribution in [0.25, 0.3) is 0 Å². The van der Waals surface area contributed by atoms with E-state index in [1.165, 1.54) is 41.7 Å². The number of halogens is 4. The third-order valence-corrected chi connectivity index (χ3v) is 8.73. The molecule has 1 saturated heterocycles. The van der Waals surface area contributed by atoms with Gasteiger partial charge in [0.2, 0.25) is 10.0 Å². The second-order valence-corrected chi connectivity index (χ2v) is 11.3. The molecule has 3 aromatic carbocycles. The average Bonchev–Trinajstić information content (AvgIpc) is 3.04. The lowest BCUT2D eigenvalue weighted by Gasteiger charge is -2.40. The van der Waals surface area contributed by atoms with Crippen molar-refractivity contribution in [1.29, 1.82) is 0 Å². The minimum atomic E-state index is -4.55. The Morgan fingerprint density at radius 1 is 1.03 bits per heavy atom. The molecule has 12 heteroatoms. The SMILES string of the molecule is COc1ccc2c(c1)C(N1CCN(S(=O)(=O)c3ccc(Cl)cc3)C(C)C1)=Nc1cc(C(F)(F)F)ccc1O2. The van der Waals surface area contributed by atoms with Gasteiger partial charge in [0, 0.05) is 30.7 Å². The Morgan fingerprint density at radius 3 is 2.39 bits per heavy atom. The molecule has 0 bridgehead atoms. The number of rotatable bonds is 3. The van der Waals surface area contributed by atoms with Gasteiger partial charge in [0.15, 0.2) is 5.75 Å². The molecular formula is C26H23ClF3N3O4S. The van der Waals surface area contributed by atoms with Gasteiger partial charge in [0.25, 0.3) is 0 Å². The number of ether oxygens (including phenoxy) is 2. The first-order valence-electron chi connectivity index (χ1n) is 11.7. The first kappa shape index (κ1) is 26.3. The second kappa shape index (κ2) is 9.79. The zero-order chi connectivity index (χ0) is 27.2. The van der Waals surface area contributed by atoms with Crippen LogP contribution in [0, 0.1) is 0 Å². The van der Waals surface area contributed by atoms with E-state index in [1.54, 1.807) is 25.1 Å². The van der Waals surface area contributed by atoms with Crippen molar-refractivity contribution in [2.24, 2.45) is 4.99 Å². The first-order valence-corrected chi connectivity index (χ1v) is 13.5. The minimum absolute atomic E-state index is 0.0221. The topological polar surface area (TPSA) is 71.4 Å². The van der Waals surface area contributed by atoms with Gasteiger partial charge in [-0.3, -0.25) is 0 Å². The summed E-state index contributed by atoms with van der Waals surface area (Å²) in [5, 5.41) is 0.429. The maximum Gasteiger partial charge on any atom is 0.416 e. The van der Waals surface area contributed by atoms with Crippen molar-refractivity contribution in [3.63, 3.8) is 0 Å². The van der Waals surface area contributed by atoms with Crippen LogP contribution in [0.4, 0.5) is 18.9 Å². The molecule has 2 aliphatic heterocycles. The van der Waals surface area contributed by atoms with E-state index in [9.17, 15) is 21.6 Å². The van der Waals surface area contributed by atoms with E-state index in [1.807, 2.05) is 4.90 Å². The lowest BCUT2D eigenvalue weighted by Crippen LogP contribution is -2.55. The van der Waals surface area contributed by atoms with E-state index in [4.69, 9.17) is 21.1 Å². The number of alkyl halides is 3. The monoisotopic (exact) mass is 565 g/mol. The van der Waals surface area contributed by atoms with Crippen molar-refractivity contribution in [2.75, 3.05) is 26.7 Å². The predicted octanol–water partition coefficient (Wildman–Crippen LogP) is 5.95. The molecule has 0 amide bonds. The number of aliphatic imine (C=N–C) groups is 1. The van der Waals surface area contributed by atoms with E-state index < -0.39 is 27.8 Å². The quantitative estimate of drug-likeness (QED) is 0.393. The summed E-state index contributed by atoms with van der Waals surface area (Å²) in [6.07, 6.45) is -4.55. The zero-order valence-corrected chi connectivity index (χ0v) is 21.9. The van der Waals surface area contributed by atoms with Gasteiger partial charge in [-0.1, -0.05) is 11.6 Å². The van der Waals surface area contributed by atoms with Gasteiger partial charge >= 0.3 is 6.18 Å². The van der Waals surface area contributed by atoms with Crippen molar-refractivity contribution in [1.82, 2.24) is 9.21 Å².